The predicted octanol–water partition coefficient (Wildman–Crippen LogP) is 2.02. The monoisotopic (exact) mass is 283 g/mol. The van der Waals surface area contributed by atoms with E-state index < -0.39 is 0 Å². The number of pyridine rings is 1. The molecule has 0 atom stereocenters. The van der Waals surface area contributed by atoms with Crippen molar-refractivity contribution in [2.24, 2.45) is 0 Å². The number of aryl methyl sites for hydroxylation is 1. The molecule has 0 spiro atoms. The molecule has 0 aliphatic carbocycles. The van der Waals surface area contributed by atoms with Gasteiger partial charge in [0.2, 0.25) is 0 Å². The molecule has 0 aliphatic heterocycles. The van der Waals surface area contributed by atoms with Crippen LogP contribution in [0.5, 0.6) is 0 Å². The summed E-state index contributed by atoms with van der Waals surface area (Å²) in [5.74, 6) is 0.958. The molecular weight excluding hydrogens is 270 g/mol. The Balaban J connectivity index is 2.10. The summed E-state index contributed by atoms with van der Waals surface area (Å²) >= 11 is 0. The summed E-state index contributed by atoms with van der Waals surface area (Å²) in [4.78, 5) is 27.9. The van der Waals surface area contributed by atoms with E-state index in [1.165, 1.54) is 4.40 Å². The molecule has 3 heterocycles. The van der Waals surface area contributed by atoms with Crippen molar-refractivity contribution in [3.63, 3.8) is 0 Å². The number of anilines is 1. The molecule has 0 amide bonds. The van der Waals surface area contributed by atoms with Gasteiger partial charge in [-0.25, -0.2) is 4.98 Å². The summed E-state index contributed by atoms with van der Waals surface area (Å²) in [6, 6.07) is 7.17. The summed E-state index contributed by atoms with van der Waals surface area (Å²) < 4.78 is 6.58. The molecule has 0 fully saturated rings. The number of fused-ring (bicyclic) bond motifs is 1. The molecule has 0 saturated heterocycles. The van der Waals surface area contributed by atoms with Crippen LogP contribution in [0.2, 0.25) is 0 Å². The van der Waals surface area contributed by atoms with Crippen LogP contribution in [0, 0.1) is 6.92 Å². The normalized spacial score (nSPS) is 10.7. The van der Waals surface area contributed by atoms with E-state index in [1.807, 2.05) is 13.0 Å². The van der Waals surface area contributed by atoms with E-state index in [4.69, 9.17) is 4.42 Å². The van der Waals surface area contributed by atoms with Crippen molar-refractivity contribution < 1.29 is 9.21 Å². The number of aldehydes is 1. The predicted molar refractivity (Wildman–Crippen MR) is 77.6 cm³/mol. The van der Waals surface area contributed by atoms with Crippen molar-refractivity contribution in [1.82, 2.24) is 9.38 Å². The summed E-state index contributed by atoms with van der Waals surface area (Å²) in [6.07, 6.45) is 3.68. The number of hydrogen-bond donors (Lipinski definition) is 1. The minimum Gasteiger partial charge on any atom is -0.467 e. The molecule has 6 heteroatoms. The van der Waals surface area contributed by atoms with Crippen LogP contribution in [0.15, 0.2) is 45.9 Å². The van der Waals surface area contributed by atoms with Gasteiger partial charge in [0.15, 0.2) is 6.29 Å². The Morgan fingerprint density at radius 2 is 2.24 bits per heavy atom. The van der Waals surface area contributed by atoms with Gasteiger partial charge in [0, 0.05) is 6.20 Å². The second-order valence-corrected chi connectivity index (χ2v) is 4.61. The number of nitrogens with zero attached hydrogens (tertiary/aromatic N) is 2. The van der Waals surface area contributed by atoms with E-state index in [2.05, 4.69) is 10.3 Å². The van der Waals surface area contributed by atoms with Gasteiger partial charge in [0.1, 0.15) is 22.8 Å². The van der Waals surface area contributed by atoms with Crippen LogP contribution in [-0.2, 0) is 6.54 Å². The molecule has 21 heavy (non-hydrogen) atoms. The average molecular weight is 283 g/mol. The minimum absolute atomic E-state index is 0.00431. The lowest BCUT2D eigenvalue weighted by Crippen LogP contribution is -2.22. The smallest absolute Gasteiger partial charge is 0.270 e. The van der Waals surface area contributed by atoms with Gasteiger partial charge in [-0.1, -0.05) is 6.07 Å². The molecule has 0 aromatic carbocycles. The van der Waals surface area contributed by atoms with E-state index in [0.29, 0.717) is 24.2 Å². The molecule has 0 aliphatic rings. The van der Waals surface area contributed by atoms with E-state index in [-0.39, 0.29) is 16.9 Å². The van der Waals surface area contributed by atoms with Gasteiger partial charge in [-0.2, -0.15) is 0 Å². The van der Waals surface area contributed by atoms with Gasteiger partial charge in [-0.05, 0) is 30.7 Å². The van der Waals surface area contributed by atoms with E-state index in [0.717, 1.165) is 5.56 Å². The summed E-state index contributed by atoms with van der Waals surface area (Å²) in [7, 11) is 0. The third-order valence-corrected chi connectivity index (χ3v) is 3.21. The molecule has 0 bridgehead atoms. The van der Waals surface area contributed by atoms with Crippen molar-refractivity contribution in [3.05, 3.63) is 64.0 Å². The fourth-order valence-electron chi connectivity index (χ4n) is 2.14. The Morgan fingerprint density at radius 1 is 1.38 bits per heavy atom. The van der Waals surface area contributed by atoms with Crippen LogP contribution in [-0.4, -0.2) is 15.7 Å². The lowest BCUT2D eigenvalue weighted by Gasteiger charge is -2.10. The molecular formula is C15H13N3O3. The van der Waals surface area contributed by atoms with Gasteiger partial charge >= 0.3 is 0 Å². The number of carbonyl (C=O) groups is 1. The van der Waals surface area contributed by atoms with Crippen LogP contribution in [0.4, 0.5) is 5.82 Å². The van der Waals surface area contributed by atoms with Gasteiger partial charge in [0.05, 0.1) is 12.8 Å². The number of rotatable bonds is 4. The van der Waals surface area contributed by atoms with E-state index in [9.17, 15) is 9.59 Å². The zero-order valence-electron chi connectivity index (χ0n) is 11.4. The molecule has 3 aromatic heterocycles. The van der Waals surface area contributed by atoms with Crippen LogP contribution < -0.4 is 10.9 Å². The first-order valence-electron chi connectivity index (χ1n) is 6.44. The largest absolute Gasteiger partial charge is 0.467 e. The lowest BCUT2D eigenvalue weighted by molar-refractivity contribution is 0.112. The molecule has 106 valence electrons. The number of carbonyl (C=O) groups excluding carboxylic acids is 1. The number of nitrogens with one attached hydrogen (secondary N) is 1. The van der Waals surface area contributed by atoms with Crippen molar-refractivity contribution in [1.29, 1.82) is 0 Å². The second-order valence-electron chi connectivity index (χ2n) is 4.61. The van der Waals surface area contributed by atoms with Crippen molar-refractivity contribution >= 4 is 17.8 Å². The van der Waals surface area contributed by atoms with E-state index in [1.54, 1.807) is 30.7 Å². The minimum atomic E-state index is -0.388. The average Bonchev–Trinajstić information content (AvgIpc) is 2.99. The maximum atomic E-state index is 12.3. The summed E-state index contributed by atoms with van der Waals surface area (Å²) in [5, 5.41) is 2.98. The lowest BCUT2D eigenvalue weighted by atomic mass is 10.2. The van der Waals surface area contributed by atoms with Gasteiger partial charge in [0.25, 0.3) is 5.56 Å². The van der Waals surface area contributed by atoms with Crippen molar-refractivity contribution in [2.45, 2.75) is 13.5 Å². The highest BCUT2D eigenvalue weighted by Crippen LogP contribution is 2.13. The Labute approximate surface area is 120 Å². The Morgan fingerprint density at radius 3 is 2.95 bits per heavy atom. The highest BCUT2D eigenvalue weighted by Gasteiger charge is 2.13. The Kier molecular flexibility index (Phi) is 3.27. The Bertz CT molecular complexity index is 850. The molecule has 3 rings (SSSR count). The highest BCUT2D eigenvalue weighted by molar-refractivity contribution is 5.82. The number of furan rings is 1. The van der Waals surface area contributed by atoms with Crippen LogP contribution >= 0.6 is 0 Å². The molecule has 0 unspecified atom stereocenters. The maximum Gasteiger partial charge on any atom is 0.270 e. The molecule has 1 N–H and O–H groups in total. The molecule has 0 saturated carbocycles. The first-order valence-corrected chi connectivity index (χ1v) is 6.44. The fourth-order valence-corrected chi connectivity index (χ4v) is 2.14. The summed E-state index contributed by atoms with van der Waals surface area (Å²) in [6.45, 7) is 2.21. The quantitative estimate of drug-likeness (QED) is 0.741. The maximum absolute atomic E-state index is 12.3. The van der Waals surface area contributed by atoms with Gasteiger partial charge in [-0.15, -0.1) is 0 Å². The molecule has 3 aromatic rings. The zero-order chi connectivity index (χ0) is 14.8. The topological polar surface area (TPSA) is 76.6 Å². The SMILES string of the molecule is Cc1cccn2c(=O)c(C=O)c(NCc3ccco3)nc12. The van der Waals surface area contributed by atoms with Gasteiger partial charge in [-0.3, -0.25) is 14.0 Å². The van der Waals surface area contributed by atoms with Crippen molar-refractivity contribution in [2.75, 3.05) is 5.32 Å². The Hall–Kier alpha value is -2.89. The van der Waals surface area contributed by atoms with Crippen LogP contribution in [0.3, 0.4) is 0 Å². The van der Waals surface area contributed by atoms with Gasteiger partial charge < -0.3 is 9.73 Å². The van der Waals surface area contributed by atoms with Crippen molar-refractivity contribution in [3.8, 4) is 0 Å². The number of aromatic nitrogens is 2. The molecule has 0 radical (unpaired) electrons. The third-order valence-electron chi connectivity index (χ3n) is 3.21. The van der Waals surface area contributed by atoms with Crippen LogP contribution in [0.25, 0.3) is 5.65 Å². The molecule has 6 nitrogen and oxygen atoms in total. The fraction of sp³-hybridized carbons (Fsp3) is 0.133. The highest BCUT2D eigenvalue weighted by atomic mass is 16.3. The second kappa shape index (κ2) is 5.24. The standard InChI is InChI=1S/C15H13N3O3/c1-10-4-2-6-18-14(10)17-13(12(9-19)15(18)20)16-8-11-5-3-7-21-11/h2-7,9,16H,8H2,1H3. The first kappa shape index (κ1) is 13.1. The number of hydrogen-bond acceptors (Lipinski definition) is 5. The summed E-state index contributed by atoms with van der Waals surface area (Å²) in [5.41, 5.74) is 0.994. The zero-order valence-corrected chi connectivity index (χ0v) is 11.4. The first-order chi connectivity index (χ1) is 10.2. The third kappa shape index (κ3) is 2.31. The van der Waals surface area contributed by atoms with Crippen LogP contribution in [0.1, 0.15) is 21.7 Å². The van der Waals surface area contributed by atoms with E-state index >= 15 is 0 Å².